The molecule has 0 bridgehead atoms. The number of carbonyl (C=O) groups excluding carboxylic acids is 2. The molecule has 0 saturated heterocycles. The Hall–Kier alpha value is -4.22. The van der Waals surface area contributed by atoms with Gasteiger partial charge in [0.15, 0.2) is 17.3 Å². The highest BCUT2D eigenvalue weighted by molar-refractivity contribution is 7.14. The molecule has 2 aromatic rings. The van der Waals surface area contributed by atoms with Crippen LogP contribution in [0.4, 0.5) is 5.69 Å². The Kier molecular flexibility index (Phi) is 7.66. The summed E-state index contributed by atoms with van der Waals surface area (Å²) in [4.78, 5) is 35.7. The van der Waals surface area contributed by atoms with Crippen LogP contribution in [-0.2, 0) is 16.0 Å². The molecule has 2 rings (SSSR count). The average molecular weight is 455 g/mol. The first-order valence-corrected chi connectivity index (χ1v) is 9.89. The SMILES string of the molecule is CCOC(=O)c1sc(CC(=O)/C(C#N)=C\c2cc([N+](=O)[O-])cc(OC)c2O)c(C#N)c1C. The van der Waals surface area contributed by atoms with E-state index >= 15 is 0 Å². The lowest BCUT2D eigenvalue weighted by Crippen LogP contribution is -2.05. The van der Waals surface area contributed by atoms with Crippen LogP contribution in [0.15, 0.2) is 17.7 Å². The summed E-state index contributed by atoms with van der Waals surface area (Å²) >= 11 is 0.924. The van der Waals surface area contributed by atoms with Crippen LogP contribution in [0.25, 0.3) is 6.08 Å². The highest BCUT2D eigenvalue weighted by Gasteiger charge is 2.24. The molecule has 1 aromatic carbocycles. The van der Waals surface area contributed by atoms with E-state index in [2.05, 4.69) is 0 Å². The number of hydrogen-bond acceptors (Lipinski definition) is 10. The molecule has 0 amide bonds. The van der Waals surface area contributed by atoms with Crippen LogP contribution in [0, 0.1) is 39.7 Å². The summed E-state index contributed by atoms with van der Waals surface area (Å²) in [5.74, 6) is -2.00. The number of Topliss-reactive ketones (excluding diaryl/α,β-unsaturated/α-hetero) is 1. The molecule has 11 heteroatoms. The Bertz CT molecular complexity index is 1220. The van der Waals surface area contributed by atoms with Gasteiger partial charge < -0.3 is 14.6 Å². The Morgan fingerprint density at radius 3 is 2.56 bits per heavy atom. The number of benzene rings is 1. The van der Waals surface area contributed by atoms with Gasteiger partial charge in [0.1, 0.15) is 17.0 Å². The van der Waals surface area contributed by atoms with Crippen LogP contribution in [-0.4, -0.2) is 35.5 Å². The summed E-state index contributed by atoms with van der Waals surface area (Å²) in [6.45, 7) is 3.34. The zero-order chi connectivity index (χ0) is 24.0. The summed E-state index contributed by atoms with van der Waals surface area (Å²) in [6.07, 6.45) is 0.645. The molecule has 1 aromatic heterocycles. The van der Waals surface area contributed by atoms with Crippen molar-refractivity contribution >= 4 is 34.9 Å². The van der Waals surface area contributed by atoms with Gasteiger partial charge in [-0.2, -0.15) is 10.5 Å². The van der Waals surface area contributed by atoms with Crippen molar-refractivity contribution in [3.63, 3.8) is 0 Å². The number of rotatable bonds is 8. The minimum absolute atomic E-state index is 0.142. The minimum Gasteiger partial charge on any atom is -0.504 e. The molecule has 10 nitrogen and oxygen atoms in total. The van der Waals surface area contributed by atoms with E-state index < -0.39 is 33.7 Å². The fourth-order valence-electron chi connectivity index (χ4n) is 2.79. The molecule has 0 radical (unpaired) electrons. The summed E-state index contributed by atoms with van der Waals surface area (Å²) < 4.78 is 9.87. The predicted molar refractivity (Wildman–Crippen MR) is 113 cm³/mol. The second-order valence-electron chi connectivity index (χ2n) is 6.30. The number of nitrogens with zero attached hydrogens (tertiary/aromatic N) is 3. The second kappa shape index (κ2) is 10.2. The zero-order valence-corrected chi connectivity index (χ0v) is 18.1. The smallest absolute Gasteiger partial charge is 0.348 e. The molecule has 1 heterocycles. The van der Waals surface area contributed by atoms with E-state index in [4.69, 9.17) is 9.47 Å². The number of carbonyl (C=O) groups is 2. The molecular weight excluding hydrogens is 438 g/mol. The average Bonchev–Trinajstić information content (AvgIpc) is 3.07. The van der Waals surface area contributed by atoms with Crippen molar-refractivity contribution in [2.24, 2.45) is 0 Å². The van der Waals surface area contributed by atoms with Crippen molar-refractivity contribution in [2.75, 3.05) is 13.7 Å². The van der Waals surface area contributed by atoms with Gasteiger partial charge in [-0.3, -0.25) is 14.9 Å². The second-order valence-corrected chi connectivity index (χ2v) is 7.40. The van der Waals surface area contributed by atoms with Crippen LogP contribution in [0.3, 0.4) is 0 Å². The first kappa shape index (κ1) is 24.1. The fourth-order valence-corrected chi connectivity index (χ4v) is 3.94. The van der Waals surface area contributed by atoms with Crippen LogP contribution in [0.5, 0.6) is 11.5 Å². The number of ether oxygens (including phenoxy) is 2. The number of allylic oxidation sites excluding steroid dienone is 1. The normalized spacial score (nSPS) is 10.7. The molecule has 0 aliphatic carbocycles. The third-order valence-electron chi connectivity index (χ3n) is 4.35. The molecule has 164 valence electrons. The molecule has 1 N–H and O–H groups in total. The van der Waals surface area contributed by atoms with Gasteiger partial charge in [0.25, 0.3) is 5.69 Å². The van der Waals surface area contributed by atoms with E-state index in [0.717, 1.165) is 29.5 Å². The zero-order valence-electron chi connectivity index (χ0n) is 17.3. The minimum atomic E-state index is -0.711. The number of phenols is 1. The Labute approximate surface area is 186 Å². The maximum Gasteiger partial charge on any atom is 0.348 e. The number of ketones is 1. The summed E-state index contributed by atoms with van der Waals surface area (Å²) in [6, 6.07) is 5.66. The van der Waals surface area contributed by atoms with Crippen molar-refractivity contribution in [1.82, 2.24) is 0 Å². The lowest BCUT2D eigenvalue weighted by atomic mass is 10.0. The number of esters is 1. The molecule has 0 fully saturated rings. The lowest BCUT2D eigenvalue weighted by molar-refractivity contribution is -0.385. The van der Waals surface area contributed by atoms with Gasteiger partial charge in [-0.15, -0.1) is 11.3 Å². The molecule has 0 aliphatic heterocycles. The fraction of sp³-hybridized carbons (Fsp3) is 0.238. The number of nitro groups is 1. The number of aromatic hydroxyl groups is 1. The quantitative estimate of drug-likeness (QED) is 0.206. The van der Waals surface area contributed by atoms with Gasteiger partial charge in [-0.1, -0.05) is 0 Å². The van der Waals surface area contributed by atoms with Crippen molar-refractivity contribution in [3.05, 3.63) is 54.3 Å². The Morgan fingerprint density at radius 2 is 2.03 bits per heavy atom. The van der Waals surface area contributed by atoms with Gasteiger partial charge >= 0.3 is 5.97 Å². The van der Waals surface area contributed by atoms with Crippen molar-refractivity contribution in [2.45, 2.75) is 20.3 Å². The van der Waals surface area contributed by atoms with E-state index in [1.54, 1.807) is 19.9 Å². The van der Waals surface area contributed by atoms with Crippen LogP contribution in [0.1, 0.15) is 38.2 Å². The van der Waals surface area contributed by atoms with Crippen LogP contribution < -0.4 is 4.74 Å². The van der Waals surface area contributed by atoms with Gasteiger partial charge in [0.2, 0.25) is 0 Å². The molecule has 0 spiro atoms. The molecule has 0 unspecified atom stereocenters. The Morgan fingerprint density at radius 1 is 1.34 bits per heavy atom. The lowest BCUT2D eigenvalue weighted by Gasteiger charge is -2.07. The monoisotopic (exact) mass is 455 g/mol. The summed E-state index contributed by atoms with van der Waals surface area (Å²) in [7, 11) is 1.20. The number of nitriles is 2. The van der Waals surface area contributed by atoms with Gasteiger partial charge in [0.05, 0.1) is 35.8 Å². The number of thiophene rings is 1. The molecule has 0 atom stereocenters. The number of phenolic OH excluding ortho intramolecular Hbond substituents is 1. The first-order chi connectivity index (χ1) is 15.2. The standard InChI is InChI=1S/C21H17N3O7S/c1-4-31-21(27)20-11(2)15(10-23)18(32-20)8-16(25)13(9-22)5-12-6-14(24(28)29)7-17(30-3)19(12)26/h5-7,26H,4,8H2,1-3H3/b13-5-. The van der Waals surface area contributed by atoms with E-state index in [0.29, 0.717) is 5.56 Å². The molecular formula is C21H17N3O7S. The number of hydrogen-bond donors (Lipinski definition) is 1. The van der Waals surface area contributed by atoms with Gasteiger partial charge in [0, 0.05) is 22.9 Å². The first-order valence-electron chi connectivity index (χ1n) is 9.08. The maximum absolute atomic E-state index is 12.8. The van der Waals surface area contributed by atoms with E-state index in [1.807, 2.05) is 6.07 Å². The van der Waals surface area contributed by atoms with Crippen molar-refractivity contribution < 1.29 is 29.1 Å². The number of non-ortho nitro benzene ring substituents is 1. The highest BCUT2D eigenvalue weighted by Crippen LogP contribution is 2.36. The topological polar surface area (TPSA) is 164 Å². The molecule has 0 saturated carbocycles. The molecule has 32 heavy (non-hydrogen) atoms. The van der Waals surface area contributed by atoms with Crippen molar-refractivity contribution in [1.29, 1.82) is 10.5 Å². The predicted octanol–water partition coefficient (Wildman–Crippen LogP) is 3.45. The summed E-state index contributed by atoms with van der Waals surface area (Å²) in [5.41, 5.74) is -0.451. The third kappa shape index (κ3) is 4.91. The molecule has 0 aliphatic rings. The maximum atomic E-state index is 12.8. The van der Waals surface area contributed by atoms with Crippen LogP contribution >= 0.6 is 11.3 Å². The van der Waals surface area contributed by atoms with E-state index in [1.165, 1.54) is 7.11 Å². The van der Waals surface area contributed by atoms with Crippen LogP contribution in [0.2, 0.25) is 0 Å². The summed E-state index contributed by atoms with van der Waals surface area (Å²) in [5, 5.41) is 40.3. The van der Waals surface area contributed by atoms with E-state index in [9.17, 15) is 35.3 Å². The number of nitro benzene ring substituents is 1. The van der Waals surface area contributed by atoms with E-state index in [-0.39, 0.29) is 39.7 Å². The van der Waals surface area contributed by atoms with Gasteiger partial charge in [-0.05, 0) is 25.5 Å². The highest BCUT2D eigenvalue weighted by atomic mass is 32.1. The largest absolute Gasteiger partial charge is 0.504 e. The number of methoxy groups -OCH3 is 1. The van der Waals surface area contributed by atoms with Gasteiger partial charge in [-0.25, -0.2) is 4.79 Å². The third-order valence-corrected chi connectivity index (χ3v) is 5.63. The van der Waals surface area contributed by atoms with Crippen molar-refractivity contribution in [3.8, 4) is 23.6 Å². The Balaban J connectivity index is 2.47.